The lowest BCUT2D eigenvalue weighted by atomic mass is 10.1. The van der Waals surface area contributed by atoms with Gasteiger partial charge in [0, 0.05) is 17.3 Å². The SMILES string of the molecule is COc1cc(OC)c(OC)cc1C=NNC(=O)Nc1ccc(C)cc1C. The number of anilines is 1. The van der Waals surface area contributed by atoms with Crippen molar-refractivity contribution >= 4 is 17.9 Å². The second-order valence-electron chi connectivity index (χ2n) is 5.59. The highest BCUT2D eigenvalue weighted by atomic mass is 16.5. The number of urea groups is 1. The Labute approximate surface area is 153 Å². The van der Waals surface area contributed by atoms with Gasteiger partial charge in [0.1, 0.15) is 5.75 Å². The Morgan fingerprint density at radius 2 is 1.62 bits per heavy atom. The highest BCUT2D eigenvalue weighted by molar-refractivity contribution is 5.91. The Hall–Kier alpha value is -3.22. The standard InChI is InChI=1S/C19H23N3O4/c1-12-6-7-15(13(2)8-12)21-19(23)22-20-11-14-9-17(25-4)18(26-5)10-16(14)24-3/h6-11H,1-5H3,(H2,21,22,23). The molecule has 0 aliphatic rings. The molecule has 7 heteroatoms. The van der Waals surface area contributed by atoms with E-state index in [1.165, 1.54) is 6.21 Å². The van der Waals surface area contributed by atoms with Crippen LogP contribution in [-0.2, 0) is 0 Å². The molecule has 2 rings (SSSR count). The van der Waals surface area contributed by atoms with E-state index in [2.05, 4.69) is 15.8 Å². The van der Waals surface area contributed by atoms with E-state index in [9.17, 15) is 4.79 Å². The lowest BCUT2D eigenvalue weighted by Crippen LogP contribution is -2.24. The van der Waals surface area contributed by atoms with Crippen LogP contribution in [0.25, 0.3) is 0 Å². The minimum Gasteiger partial charge on any atom is -0.496 e. The second kappa shape index (κ2) is 8.75. The Balaban J connectivity index is 2.08. The molecular formula is C19H23N3O4. The fourth-order valence-electron chi connectivity index (χ4n) is 2.42. The summed E-state index contributed by atoms with van der Waals surface area (Å²) in [5, 5.41) is 6.71. The minimum atomic E-state index is -0.437. The molecule has 7 nitrogen and oxygen atoms in total. The second-order valence-corrected chi connectivity index (χ2v) is 5.59. The highest BCUT2D eigenvalue weighted by Gasteiger charge is 2.10. The van der Waals surface area contributed by atoms with Crippen molar-refractivity contribution in [3.63, 3.8) is 0 Å². The fraction of sp³-hybridized carbons (Fsp3) is 0.263. The van der Waals surface area contributed by atoms with E-state index in [4.69, 9.17) is 14.2 Å². The Morgan fingerprint density at radius 1 is 0.962 bits per heavy atom. The van der Waals surface area contributed by atoms with Gasteiger partial charge in [-0.25, -0.2) is 10.2 Å². The van der Waals surface area contributed by atoms with Gasteiger partial charge in [-0.1, -0.05) is 17.7 Å². The third-order valence-corrected chi connectivity index (χ3v) is 3.74. The van der Waals surface area contributed by atoms with Gasteiger partial charge in [0.15, 0.2) is 11.5 Å². The van der Waals surface area contributed by atoms with E-state index in [0.717, 1.165) is 16.8 Å². The van der Waals surface area contributed by atoms with Crippen molar-refractivity contribution in [2.45, 2.75) is 13.8 Å². The number of nitrogens with zero attached hydrogens (tertiary/aromatic N) is 1. The number of amides is 2. The van der Waals surface area contributed by atoms with Crippen LogP contribution in [0.2, 0.25) is 0 Å². The summed E-state index contributed by atoms with van der Waals surface area (Å²) in [6.45, 7) is 3.93. The summed E-state index contributed by atoms with van der Waals surface area (Å²) < 4.78 is 15.8. The van der Waals surface area contributed by atoms with Crippen molar-refractivity contribution in [1.82, 2.24) is 5.43 Å². The molecule has 0 radical (unpaired) electrons. The quantitative estimate of drug-likeness (QED) is 0.612. The van der Waals surface area contributed by atoms with Gasteiger partial charge in [-0.05, 0) is 31.5 Å². The molecule has 2 N–H and O–H groups in total. The molecule has 0 fully saturated rings. The largest absolute Gasteiger partial charge is 0.496 e. The Morgan fingerprint density at radius 3 is 2.23 bits per heavy atom. The van der Waals surface area contributed by atoms with Crippen LogP contribution < -0.4 is 25.0 Å². The average Bonchev–Trinajstić information content (AvgIpc) is 2.63. The van der Waals surface area contributed by atoms with Gasteiger partial charge < -0.3 is 19.5 Å². The fourth-order valence-corrected chi connectivity index (χ4v) is 2.42. The van der Waals surface area contributed by atoms with Gasteiger partial charge in [-0.2, -0.15) is 5.10 Å². The van der Waals surface area contributed by atoms with Crippen molar-refractivity contribution in [1.29, 1.82) is 0 Å². The zero-order chi connectivity index (χ0) is 19.1. The molecule has 138 valence electrons. The van der Waals surface area contributed by atoms with E-state index in [-0.39, 0.29) is 0 Å². The Kier molecular flexibility index (Phi) is 6.43. The minimum absolute atomic E-state index is 0.437. The van der Waals surface area contributed by atoms with Gasteiger partial charge >= 0.3 is 6.03 Å². The van der Waals surface area contributed by atoms with Crippen molar-refractivity contribution in [2.75, 3.05) is 26.6 Å². The van der Waals surface area contributed by atoms with Crippen molar-refractivity contribution in [3.05, 3.63) is 47.0 Å². The topological polar surface area (TPSA) is 81.2 Å². The lowest BCUT2D eigenvalue weighted by Gasteiger charge is -2.12. The number of nitrogens with one attached hydrogen (secondary N) is 2. The predicted molar refractivity (Wildman–Crippen MR) is 102 cm³/mol. The lowest BCUT2D eigenvalue weighted by molar-refractivity contribution is 0.252. The molecule has 2 aromatic carbocycles. The van der Waals surface area contributed by atoms with E-state index >= 15 is 0 Å². The first-order valence-corrected chi connectivity index (χ1v) is 7.95. The summed E-state index contributed by atoms with van der Waals surface area (Å²) in [5.41, 5.74) is 5.90. The third-order valence-electron chi connectivity index (χ3n) is 3.74. The molecule has 0 saturated carbocycles. The Bertz CT molecular complexity index is 819. The van der Waals surface area contributed by atoms with Crippen LogP contribution in [0.3, 0.4) is 0 Å². The molecule has 0 heterocycles. The van der Waals surface area contributed by atoms with E-state index in [1.807, 2.05) is 32.0 Å². The average molecular weight is 357 g/mol. The van der Waals surface area contributed by atoms with Crippen LogP contribution in [0.5, 0.6) is 17.2 Å². The van der Waals surface area contributed by atoms with E-state index in [1.54, 1.807) is 33.5 Å². The molecule has 0 saturated heterocycles. The van der Waals surface area contributed by atoms with Gasteiger partial charge in [-0.15, -0.1) is 0 Å². The van der Waals surface area contributed by atoms with Gasteiger partial charge in [-0.3, -0.25) is 0 Å². The molecule has 0 aliphatic carbocycles. The maximum absolute atomic E-state index is 12.0. The van der Waals surface area contributed by atoms with Gasteiger partial charge in [0.2, 0.25) is 0 Å². The van der Waals surface area contributed by atoms with E-state index in [0.29, 0.717) is 22.8 Å². The number of carbonyl (C=O) groups excluding carboxylic acids is 1. The number of benzene rings is 2. The molecule has 2 aromatic rings. The molecule has 0 aliphatic heterocycles. The number of hydrogen-bond donors (Lipinski definition) is 2. The van der Waals surface area contributed by atoms with E-state index < -0.39 is 6.03 Å². The highest BCUT2D eigenvalue weighted by Crippen LogP contribution is 2.33. The number of hydrogen-bond acceptors (Lipinski definition) is 5. The van der Waals surface area contributed by atoms with Gasteiger partial charge in [0.05, 0.1) is 27.5 Å². The normalized spacial score (nSPS) is 10.5. The molecule has 0 unspecified atom stereocenters. The number of ether oxygens (including phenoxy) is 3. The monoisotopic (exact) mass is 357 g/mol. The third kappa shape index (κ3) is 4.66. The van der Waals surface area contributed by atoms with Crippen LogP contribution >= 0.6 is 0 Å². The summed E-state index contributed by atoms with van der Waals surface area (Å²) in [6.07, 6.45) is 1.47. The molecule has 0 aromatic heterocycles. The van der Waals surface area contributed by atoms with Crippen LogP contribution in [-0.4, -0.2) is 33.6 Å². The zero-order valence-electron chi connectivity index (χ0n) is 15.5. The van der Waals surface area contributed by atoms with Gasteiger partial charge in [0.25, 0.3) is 0 Å². The number of methoxy groups -OCH3 is 3. The summed E-state index contributed by atoms with van der Waals surface area (Å²) in [4.78, 5) is 12.0. The smallest absolute Gasteiger partial charge is 0.339 e. The number of rotatable bonds is 6. The molecule has 26 heavy (non-hydrogen) atoms. The first-order valence-electron chi connectivity index (χ1n) is 7.95. The van der Waals surface area contributed by atoms with Crippen molar-refractivity contribution < 1.29 is 19.0 Å². The van der Waals surface area contributed by atoms with Crippen molar-refractivity contribution in [2.24, 2.45) is 5.10 Å². The number of aryl methyl sites for hydroxylation is 2. The molecule has 0 spiro atoms. The maximum Gasteiger partial charge on any atom is 0.339 e. The summed E-state index contributed by atoms with van der Waals surface area (Å²) in [7, 11) is 4.63. The maximum atomic E-state index is 12.0. The summed E-state index contributed by atoms with van der Waals surface area (Å²) in [6, 6.07) is 8.74. The van der Waals surface area contributed by atoms with Crippen LogP contribution in [0.4, 0.5) is 10.5 Å². The molecule has 2 amide bonds. The predicted octanol–water partition coefficient (Wildman–Crippen LogP) is 3.48. The first-order chi connectivity index (χ1) is 12.5. The van der Waals surface area contributed by atoms with Crippen molar-refractivity contribution in [3.8, 4) is 17.2 Å². The summed E-state index contributed by atoms with van der Waals surface area (Å²) >= 11 is 0. The molecule has 0 bridgehead atoms. The van der Waals surface area contributed by atoms with Crippen LogP contribution in [0, 0.1) is 13.8 Å². The first kappa shape index (κ1) is 19.1. The molecular weight excluding hydrogens is 334 g/mol. The molecule has 0 atom stereocenters. The van der Waals surface area contributed by atoms with Crippen LogP contribution in [0.15, 0.2) is 35.4 Å². The number of hydrazone groups is 1. The number of carbonyl (C=O) groups is 1. The zero-order valence-corrected chi connectivity index (χ0v) is 15.5. The summed E-state index contributed by atoms with van der Waals surface area (Å²) in [5.74, 6) is 1.62. The van der Waals surface area contributed by atoms with Crippen LogP contribution in [0.1, 0.15) is 16.7 Å².